The molecular weight excluding hydrogens is 288 g/mol. The Morgan fingerprint density at radius 1 is 1.33 bits per heavy atom. The summed E-state index contributed by atoms with van der Waals surface area (Å²) in [5.41, 5.74) is 1.41. The van der Waals surface area contributed by atoms with Crippen LogP contribution in [0.4, 0.5) is 5.82 Å². The summed E-state index contributed by atoms with van der Waals surface area (Å²) in [4.78, 5) is 16.3. The number of rotatable bonds is 3. The number of pyridine rings is 1. The molecular formula is C15H17ClN4O. The Kier molecular flexibility index (Phi) is 3.92. The number of nitrogens with one attached hydrogen (secondary N) is 1. The molecule has 3 rings (SSSR count). The van der Waals surface area contributed by atoms with Gasteiger partial charge in [-0.25, -0.2) is 4.68 Å². The summed E-state index contributed by atoms with van der Waals surface area (Å²) in [6.45, 7) is 1.95. The van der Waals surface area contributed by atoms with Crippen molar-refractivity contribution in [2.75, 3.05) is 5.32 Å². The van der Waals surface area contributed by atoms with Gasteiger partial charge in [-0.05, 0) is 25.8 Å². The maximum absolute atomic E-state index is 12.3. The van der Waals surface area contributed by atoms with Crippen LogP contribution in [0.3, 0.4) is 0 Å². The number of nitrogens with zero attached hydrogens (tertiary/aromatic N) is 3. The standard InChI is InChI=1S/C15H17ClN4O/c1-10-7-18-20(13-4-2-3-5-13)14(10)19-15(21)11-6-12(16)9-17-8-11/h6-9,13H,2-5H2,1H3,(H,19,21). The summed E-state index contributed by atoms with van der Waals surface area (Å²) in [5, 5.41) is 7.81. The SMILES string of the molecule is Cc1cnn(C2CCCC2)c1NC(=O)c1cncc(Cl)c1. The van der Waals surface area contributed by atoms with Gasteiger partial charge in [0, 0.05) is 18.0 Å². The first-order chi connectivity index (χ1) is 10.1. The monoisotopic (exact) mass is 304 g/mol. The molecule has 2 aromatic heterocycles. The van der Waals surface area contributed by atoms with E-state index in [1.807, 2.05) is 11.6 Å². The molecule has 5 nitrogen and oxygen atoms in total. The Labute approximate surface area is 128 Å². The predicted octanol–water partition coefficient (Wildman–Crippen LogP) is 3.61. The molecule has 0 radical (unpaired) electrons. The van der Waals surface area contributed by atoms with Crippen molar-refractivity contribution in [3.63, 3.8) is 0 Å². The number of amides is 1. The molecule has 6 heteroatoms. The van der Waals surface area contributed by atoms with Crippen molar-refractivity contribution in [2.24, 2.45) is 0 Å². The first-order valence-electron chi connectivity index (χ1n) is 7.11. The fourth-order valence-electron chi connectivity index (χ4n) is 2.75. The second-order valence-corrected chi connectivity index (χ2v) is 5.84. The van der Waals surface area contributed by atoms with Gasteiger partial charge in [0.2, 0.25) is 0 Å². The van der Waals surface area contributed by atoms with Crippen molar-refractivity contribution < 1.29 is 4.79 Å². The van der Waals surface area contributed by atoms with Crippen LogP contribution in [0.1, 0.15) is 47.6 Å². The number of carbonyl (C=O) groups excluding carboxylic acids is 1. The van der Waals surface area contributed by atoms with E-state index in [1.165, 1.54) is 25.2 Å². The summed E-state index contributed by atoms with van der Waals surface area (Å²) >= 11 is 5.88. The lowest BCUT2D eigenvalue weighted by atomic mass is 10.2. The molecule has 0 atom stereocenters. The molecule has 1 aliphatic carbocycles. The maximum Gasteiger partial charge on any atom is 0.258 e. The van der Waals surface area contributed by atoms with Gasteiger partial charge >= 0.3 is 0 Å². The highest BCUT2D eigenvalue weighted by molar-refractivity contribution is 6.30. The number of carbonyl (C=O) groups is 1. The van der Waals surface area contributed by atoms with E-state index in [2.05, 4.69) is 15.4 Å². The second-order valence-electron chi connectivity index (χ2n) is 5.40. The Morgan fingerprint density at radius 2 is 2.10 bits per heavy atom. The minimum atomic E-state index is -0.215. The molecule has 1 amide bonds. The molecule has 0 spiro atoms. The van der Waals surface area contributed by atoms with Crippen molar-refractivity contribution >= 4 is 23.3 Å². The lowest BCUT2D eigenvalue weighted by Crippen LogP contribution is -2.18. The normalized spacial score (nSPS) is 15.3. The molecule has 1 N–H and O–H groups in total. The van der Waals surface area contributed by atoms with Gasteiger partial charge in [0.15, 0.2) is 0 Å². The summed E-state index contributed by atoms with van der Waals surface area (Å²) in [6, 6.07) is 1.99. The lowest BCUT2D eigenvalue weighted by Gasteiger charge is -2.15. The Balaban J connectivity index is 1.84. The summed E-state index contributed by atoms with van der Waals surface area (Å²) < 4.78 is 1.94. The molecule has 1 fully saturated rings. The van der Waals surface area contributed by atoms with Crippen LogP contribution in [0.25, 0.3) is 0 Å². The van der Waals surface area contributed by atoms with Crippen molar-refractivity contribution in [3.8, 4) is 0 Å². The molecule has 0 saturated heterocycles. The molecule has 0 bridgehead atoms. The van der Waals surface area contributed by atoms with E-state index < -0.39 is 0 Å². The van der Waals surface area contributed by atoms with Crippen LogP contribution in [-0.4, -0.2) is 20.7 Å². The van der Waals surface area contributed by atoms with Gasteiger partial charge in [0.25, 0.3) is 5.91 Å². The number of anilines is 1. The topological polar surface area (TPSA) is 59.8 Å². The van der Waals surface area contributed by atoms with Crippen LogP contribution in [-0.2, 0) is 0 Å². The third kappa shape index (κ3) is 2.93. The van der Waals surface area contributed by atoms with Crippen molar-refractivity contribution in [2.45, 2.75) is 38.6 Å². The molecule has 0 aromatic carbocycles. The summed E-state index contributed by atoms with van der Waals surface area (Å²) in [6.07, 6.45) is 9.47. The average molecular weight is 305 g/mol. The Morgan fingerprint density at radius 3 is 2.81 bits per heavy atom. The van der Waals surface area contributed by atoms with Crippen molar-refractivity contribution in [3.05, 3.63) is 40.8 Å². The molecule has 0 unspecified atom stereocenters. The van der Waals surface area contributed by atoms with E-state index in [0.29, 0.717) is 16.6 Å². The maximum atomic E-state index is 12.3. The van der Waals surface area contributed by atoms with Crippen molar-refractivity contribution in [1.29, 1.82) is 0 Å². The molecule has 2 aromatic rings. The second kappa shape index (κ2) is 5.85. The van der Waals surface area contributed by atoms with Gasteiger partial charge in [0.1, 0.15) is 5.82 Å². The smallest absolute Gasteiger partial charge is 0.258 e. The van der Waals surface area contributed by atoms with Crippen LogP contribution in [0, 0.1) is 6.92 Å². The number of hydrogen-bond donors (Lipinski definition) is 1. The average Bonchev–Trinajstić information content (AvgIpc) is 3.10. The molecule has 1 saturated carbocycles. The van der Waals surface area contributed by atoms with E-state index in [-0.39, 0.29) is 5.91 Å². The van der Waals surface area contributed by atoms with Gasteiger partial charge in [0.05, 0.1) is 22.8 Å². The number of halogens is 1. The Hall–Kier alpha value is -1.88. The summed E-state index contributed by atoms with van der Waals surface area (Å²) in [5.74, 6) is 0.555. The van der Waals surface area contributed by atoms with Crippen LogP contribution in [0.15, 0.2) is 24.7 Å². The zero-order valence-corrected chi connectivity index (χ0v) is 12.6. The lowest BCUT2D eigenvalue weighted by molar-refractivity contribution is 0.102. The fourth-order valence-corrected chi connectivity index (χ4v) is 2.92. The van der Waals surface area contributed by atoms with Crippen molar-refractivity contribution in [1.82, 2.24) is 14.8 Å². The van der Waals surface area contributed by atoms with Crippen LogP contribution in [0.2, 0.25) is 5.02 Å². The van der Waals surface area contributed by atoms with E-state index >= 15 is 0 Å². The van der Waals surface area contributed by atoms with E-state index in [0.717, 1.165) is 24.2 Å². The minimum Gasteiger partial charge on any atom is -0.306 e. The van der Waals surface area contributed by atoms with E-state index in [9.17, 15) is 4.79 Å². The minimum absolute atomic E-state index is 0.215. The quantitative estimate of drug-likeness (QED) is 0.942. The highest BCUT2D eigenvalue weighted by atomic mass is 35.5. The van der Waals surface area contributed by atoms with Crippen LogP contribution < -0.4 is 5.32 Å². The van der Waals surface area contributed by atoms with Gasteiger partial charge in [-0.2, -0.15) is 5.10 Å². The van der Waals surface area contributed by atoms with E-state index in [4.69, 9.17) is 11.6 Å². The zero-order chi connectivity index (χ0) is 14.8. The number of aryl methyl sites for hydroxylation is 1. The third-order valence-electron chi connectivity index (χ3n) is 3.85. The predicted molar refractivity (Wildman–Crippen MR) is 81.7 cm³/mol. The molecule has 1 aliphatic rings. The van der Waals surface area contributed by atoms with E-state index in [1.54, 1.807) is 12.3 Å². The summed E-state index contributed by atoms with van der Waals surface area (Å²) in [7, 11) is 0. The zero-order valence-electron chi connectivity index (χ0n) is 11.8. The molecule has 21 heavy (non-hydrogen) atoms. The van der Waals surface area contributed by atoms with Gasteiger partial charge in [-0.15, -0.1) is 0 Å². The first-order valence-corrected chi connectivity index (χ1v) is 7.49. The van der Waals surface area contributed by atoms with Gasteiger partial charge in [-0.1, -0.05) is 24.4 Å². The fraction of sp³-hybridized carbons (Fsp3) is 0.400. The van der Waals surface area contributed by atoms with Gasteiger partial charge < -0.3 is 5.32 Å². The van der Waals surface area contributed by atoms with Gasteiger partial charge in [-0.3, -0.25) is 9.78 Å². The highest BCUT2D eigenvalue weighted by Crippen LogP contribution is 2.32. The van der Waals surface area contributed by atoms with Crippen LogP contribution >= 0.6 is 11.6 Å². The molecule has 110 valence electrons. The number of hydrogen-bond acceptors (Lipinski definition) is 3. The van der Waals surface area contributed by atoms with Crippen LogP contribution in [0.5, 0.6) is 0 Å². The highest BCUT2D eigenvalue weighted by Gasteiger charge is 2.22. The molecule has 2 heterocycles. The number of aromatic nitrogens is 3. The third-order valence-corrected chi connectivity index (χ3v) is 4.05. The molecule has 0 aliphatic heterocycles. The Bertz CT molecular complexity index is 661. The first kappa shape index (κ1) is 14.1. The largest absolute Gasteiger partial charge is 0.306 e.